The van der Waals surface area contributed by atoms with Crippen molar-refractivity contribution in [1.29, 1.82) is 0 Å². The SMILES string of the molecule is CC(=O)CCCN1CCN(S(=O)(=O)c2ccc(C)cc2)Cc2cccc(n2)CN(S(=O)(=O)c2ccc(C)cc2)CC1. The molecule has 1 aliphatic heterocycles. The third kappa shape index (κ3) is 8.08. The molecule has 2 bridgehead atoms. The van der Waals surface area contributed by atoms with E-state index >= 15 is 0 Å². The monoisotopic (exact) mass is 598 g/mol. The van der Waals surface area contributed by atoms with Crippen LogP contribution in [0.2, 0.25) is 0 Å². The van der Waals surface area contributed by atoms with Gasteiger partial charge in [-0.1, -0.05) is 41.5 Å². The van der Waals surface area contributed by atoms with Gasteiger partial charge < -0.3 is 9.69 Å². The van der Waals surface area contributed by atoms with Gasteiger partial charge in [-0.3, -0.25) is 4.98 Å². The summed E-state index contributed by atoms with van der Waals surface area (Å²) in [5.41, 5.74) is 3.01. The molecule has 11 heteroatoms. The van der Waals surface area contributed by atoms with Crippen LogP contribution in [0.1, 0.15) is 42.3 Å². The predicted molar refractivity (Wildman–Crippen MR) is 158 cm³/mol. The molecule has 3 aromatic rings. The molecule has 2 heterocycles. The molecule has 0 aliphatic carbocycles. The largest absolute Gasteiger partial charge is 0.301 e. The van der Waals surface area contributed by atoms with Gasteiger partial charge in [-0.15, -0.1) is 0 Å². The summed E-state index contributed by atoms with van der Waals surface area (Å²) < 4.78 is 57.8. The number of sulfonamides is 2. The number of Topliss-reactive ketones (excluding diaryl/α,β-unsaturated/α-hetero) is 1. The highest BCUT2D eigenvalue weighted by atomic mass is 32.2. The van der Waals surface area contributed by atoms with Gasteiger partial charge >= 0.3 is 0 Å². The summed E-state index contributed by atoms with van der Waals surface area (Å²) in [7, 11) is -7.65. The first kappa shape index (κ1) is 31.0. The number of benzene rings is 2. The van der Waals surface area contributed by atoms with Gasteiger partial charge in [0.05, 0.1) is 34.3 Å². The number of fused-ring (bicyclic) bond motifs is 2. The number of nitrogens with zero attached hydrogens (tertiary/aromatic N) is 4. The van der Waals surface area contributed by atoms with Crippen molar-refractivity contribution in [2.24, 2.45) is 0 Å². The Labute approximate surface area is 243 Å². The highest BCUT2D eigenvalue weighted by Crippen LogP contribution is 2.22. The molecular weight excluding hydrogens is 560 g/mol. The average molecular weight is 599 g/mol. The Morgan fingerprint density at radius 3 is 1.56 bits per heavy atom. The number of rotatable bonds is 8. The number of hydrogen-bond acceptors (Lipinski definition) is 7. The van der Waals surface area contributed by atoms with Crippen LogP contribution in [-0.4, -0.2) is 73.8 Å². The summed E-state index contributed by atoms with van der Waals surface area (Å²) >= 11 is 0. The van der Waals surface area contributed by atoms with E-state index in [0.717, 1.165) is 11.1 Å². The van der Waals surface area contributed by atoms with Crippen LogP contribution in [0.15, 0.2) is 76.5 Å². The summed E-state index contributed by atoms with van der Waals surface area (Å²) in [6.45, 7) is 7.13. The van der Waals surface area contributed by atoms with Crippen LogP contribution in [0.4, 0.5) is 0 Å². The topological polar surface area (TPSA) is 108 Å². The number of carbonyl (C=O) groups excluding carboxylic acids is 1. The first-order chi connectivity index (χ1) is 19.4. The second-order valence-electron chi connectivity index (χ2n) is 10.6. The van der Waals surface area contributed by atoms with Crippen LogP contribution < -0.4 is 0 Å². The van der Waals surface area contributed by atoms with Crippen molar-refractivity contribution in [3.8, 4) is 0 Å². The molecule has 0 fully saturated rings. The molecule has 0 spiro atoms. The van der Waals surface area contributed by atoms with Gasteiger partial charge in [0, 0.05) is 32.6 Å². The lowest BCUT2D eigenvalue weighted by atomic mass is 10.2. The lowest BCUT2D eigenvalue weighted by Gasteiger charge is -2.30. The van der Waals surface area contributed by atoms with E-state index in [1.807, 2.05) is 18.7 Å². The third-order valence-corrected chi connectivity index (χ3v) is 10.9. The molecule has 4 rings (SSSR count). The molecule has 9 nitrogen and oxygen atoms in total. The lowest BCUT2D eigenvalue weighted by Crippen LogP contribution is -2.43. The predicted octanol–water partition coefficient (Wildman–Crippen LogP) is 3.77. The fourth-order valence-corrected chi connectivity index (χ4v) is 7.55. The van der Waals surface area contributed by atoms with E-state index in [1.165, 1.54) is 8.61 Å². The molecule has 41 heavy (non-hydrogen) atoms. The van der Waals surface area contributed by atoms with E-state index in [-0.39, 0.29) is 41.8 Å². The first-order valence-corrected chi connectivity index (χ1v) is 16.6. The third-order valence-electron chi connectivity index (χ3n) is 7.19. The summed E-state index contributed by atoms with van der Waals surface area (Å²) in [5, 5.41) is 0. The van der Waals surface area contributed by atoms with Crippen molar-refractivity contribution < 1.29 is 21.6 Å². The maximum absolute atomic E-state index is 13.7. The number of pyridine rings is 1. The zero-order chi connectivity index (χ0) is 29.6. The highest BCUT2D eigenvalue weighted by molar-refractivity contribution is 7.89. The Bertz CT molecular complexity index is 1450. The molecular formula is C30H38N4O5S2. The molecule has 0 unspecified atom stereocenters. The smallest absolute Gasteiger partial charge is 0.243 e. The van der Waals surface area contributed by atoms with Crippen molar-refractivity contribution in [2.75, 3.05) is 32.7 Å². The second kappa shape index (κ2) is 13.3. The molecule has 2 aromatic carbocycles. The summed E-state index contributed by atoms with van der Waals surface area (Å²) in [5.74, 6) is 0.0797. The highest BCUT2D eigenvalue weighted by Gasteiger charge is 2.29. The minimum atomic E-state index is -3.82. The molecule has 0 radical (unpaired) electrons. The molecule has 0 saturated carbocycles. The van der Waals surface area contributed by atoms with Crippen LogP contribution >= 0.6 is 0 Å². The van der Waals surface area contributed by atoms with Gasteiger partial charge in [-0.25, -0.2) is 16.8 Å². The normalized spacial score (nSPS) is 16.6. The summed E-state index contributed by atoms with van der Waals surface area (Å²) in [6, 6.07) is 18.9. The minimum Gasteiger partial charge on any atom is -0.301 e. The Hall–Kier alpha value is -2.96. The molecule has 0 saturated heterocycles. The number of hydrogen-bond donors (Lipinski definition) is 0. The number of aromatic nitrogens is 1. The van der Waals surface area contributed by atoms with Crippen molar-refractivity contribution in [3.05, 3.63) is 89.2 Å². The van der Waals surface area contributed by atoms with Gasteiger partial charge in [0.15, 0.2) is 0 Å². The Kier molecular flexibility index (Phi) is 10.1. The van der Waals surface area contributed by atoms with Gasteiger partial charge in [0.1, 0.15) is 5.78 Å². The maximum Gasteiger partial charge on any atom is 0.243 e. The lowest BCUT2D eigenvalue weighted by molar-refractivity contribution is -0.117. The first-order valence-electron chi connectivity index (χ1n) is 13.8. The van der Waals surface area contributed by atoms with Crippen LogP contribution in [0.25, 0.3) is 0 Å². The molecule has 1 aromatic heterocycles. The van der Waals surface area contributed by atoms with E-state index < -0.39 is 20.0 Å². The van der Waals surface area contributed by atoms with E-state index in [9.17, 15) is 21.6 Å². The van der Waals surface area contributed by atoms with Crippen LogP contribution in [0, 0.1) is 13.8 Å². The quantitative estimate of drug-likeness (QED) is 0.389. The Balaban J connectivity index is 1.69. The van der Waals surface area contributed by atoms with E-state index in [4.69, 9.17) is 0 Å². The van der Waals surface area contributed by atoms with E-state index in [2.05, 4.69) is 4.98 Å². The van der Waals surface area contributed by atoms with Gasteiger partial charge in [0.2, 0.25) is 20.0 Å². The fourth-order valence-electron chi connectivity index (χ4n) is 4.75. The molecule has 1 aliphatic rings. The van der Waals surface area contributed by atoms with Crippen LogP contribution in [0.5, 0.6) is 0 Å². The maximum atomic E-state index is 13.7. The number of aryl methyl sites for hydroxylation is 2. The van der Waals surface area contributed by atoms with E-state index in [1.54, 1.807) is 73.7 Å². The zero-order valence-corrected chi connectivity index (χ0v) is 25.5. The average Bonchev–Trinajstić information content (AvgIpc) is 2.92. The summed E-state index contributed by atoms with van der Waals surface area (Å²) in [4.78, 5) is 18.8. The number of ketones is 1. The molecule has 220 valence electrons. The van der Waals surface area contributed by atoms with Crippen molar-refractivity contribution in [3.63, 3.8) is 0 Å². The van der Waals surface area contributed by atoms with Crippen molar-refractivity contribution in [1.82, 2.24) is 18.5 Å². The molecule has 0 amide bonds. The van der Waals surface area contributed by atoms with E-state index in [0.29, 0.717) is 43.9 Å². The van der Waals surface area contributed by atoms with Gasteiger partial charge in [-0.2, -0.15) is 8.61 Å². The minimum absolute atomic E-state index is 0.0516. The van der Waals surface area contributed by atoms with Crippen molar-refractivity contribution >= 4 is 25.8 Å². The van der Waals surface area contributed by atoms with Gasteiger partial charge in [0.25, 0.3) is 0 Å². The Morgan fingerprint density at radius 1 is 0.707 bits per heavy atom. The standard InChI is InChI=1S/C30H38N4O5S2/c1-24-9-13-29(14-10-24)40(36,37)33-20-18-32(17-5-6-26(3)35)19-21-34(23-28-8-4-7-27(22-33)31-28)41(38,39)30-15-11-25(2)12-16-30/h4,7-16H,5-6,17-23H2,1-3H3. The number of carbonyl (C=O) groups is 1. The fraction of sp³-hybridized carbons (Fsp3) is 0.400. The molecule has 0 N–H and O–H groups in total. The van der Waals surface area contributed by atoms with Crippen molar-refractivity contribution in [2.45, 2.75) is 56.5 Å². The van der Waals surface area contributed by atoms with Crippen LogP contribution in [-0.2, 0) is 37.9 Å². The zero-order valence-electron chi connectivity index (χ0n) is 23.9. The molecule has 0 atom stereocenters. The second-order valence-corrected chi connectivity index (χ2v) is 14.4. The van der Waals surface area contributed by atoms with Gasteiger partial charge in [-0.05, 0) is 70.1 Å². The Morgan fingerprint density at radius 2 is 1.15 bits per heavy atom. The summed E-state index contributed by atoms with van der Waals surface area (Å²) in [6.07, 6.45) is 1.01. The van der Waals surface area contributed by atoms with Crippen LogP contribution in [0.3, 0.4) is 0 Å².